The summed E-state index contributed by atoms with van der Waals surface area (Å²) in [5.74, 6) is 0.191. The van der Waals surface area contributed by atoms with Crippen molar-refractivity contribution in [2.45, 2.75) is 57.9 Å². The molecule has 1 fully saturated rings. The van der Waals surface area contributed by atoms with Crippen LogP contribution in [0.4, 0.5) is 5.69 Å². The maximum absolute atomic E-state index is 13.7. The lowest BCUT2D eigenvalue weighted by Gasteiger charge is -2.48. The van der Waals surface area contributed by atoms with Gasteiger partial charge >= 0.3 is 0 Å². The molecular weight excluding hydrogens is 360 g/mol. The van der Waals surface area contributed by atoms with E-state index in [-0.39, 0.29) is 17.2 Å². The van der Waals surface area contributed by atoms with E-state index in [1.807, 2.05) is 18.2 Å². The Labute approximate surface area is 173 Å². The van der Waals surface area contributed by atoms with Crippen LogP contribution in [0.25, 0.3) is 0 Å². The van der Waals surface area contributed by atoms with Crippen LogP contribution in [0, 0.1) is 6.92 Å². The lowest BCUT2D eigenvalue weighted by atomic mass is 9.71. The number of hydrogen-bond acceptors (Lipinski definition) is 3. The molecule has 4 nitrogen and oxygen atoms in total. The highest BCUT2D eigenvalue weighted by Gasteiger charge is 2.47. The summed E-state index contributed by atoms with van der Waals surface area (Å²) in [5, 5.41) is 2.83. The van der Waals surface area contributed by atoms with Crippen LogP contribution in [0.5, 0.6) is 0 Å². The molecular formula is C25H30N2O2. The number of amides is 1. The van der Waals surface area contributed by atoms with Crippen LogP contribution in [-0.2, 0) is 17.6 Å². The smallest absolute Gasteiger partial charge is 0.221 e. The van der Waals surface area contributed by atoms with Gasteiger partial charge in [-0.25, -0.2) is 0 Å². The van der Waals surface area contributed by atoms with Gasteiger partial charge in [0.05, 0.1) is 5.54 Å². The van der Waals surface area contributed by atoms with Crippen LogP contribution in [0.2, 0.25) is 0 Å². The summed E-state index contributed by atoms with van der Waals surface area (Å²) in [6.45, 7) is 5.59. The quantitative estimate of drug-likeness (QED) is 0.833. The van der Waals surface area contributed by atoms with E-state index in [9.17, 15) is 9.59 Å². The number of hydrogen-bond donors (Lipinski definition) is 1. The van der Waals surface area contributed by atoms with E-state index >= 15 is 0 Å². The number of fused-ring (bicyclic) bond motifs is 1. The van der Waals surface area contributed by atoms with Crippen molar-refractivity contribution in [2.75, 3.05) is 18.4 Å². The first-order chi connectivity index (χ1) is 14.0. The van der Waals surface area contributed by atoms with Gasteiger partial charge in [0, 0.05) is 24.7 Å². The Hall–Kier alpha value is -2.46. The van der Waals surface area contributed by atoms with E-state index in [0.717, 1.165) is 68.4 Å². The second-order valence-electron chi connectivity index (χ2n) is 8.53. The zero-order valence-electron chi connectivity index (χ0n) is 17.5. The zero-order valence-corrected chi connectivity index (χ0v) is 17.5. The maximum atomic E-state index is 13.7. The lowest BCUT2D eigenvalue weighted by Crippen LogP contribution is -2.59. The minimum atomic E-state index is -0.358. The molecule has 1 spiro atoms. The normalized spacial score (nSPS) is 21.8. The predicted molar refractivity (Wildman–Crippen MR) is 116 cm³/mol. The highest BCUT2D eigenvalue weighted by atomic mass is 16.1. The number of aryl methyl sites for hydroxylation is 2. The summed E-state index contributed by atoms with van der Waals surface area (Å²) < 4.78 is 0. The van der Waals surface area contributed by atoms with Gasteiger partial charge in [-0.2, -0.15) is 0 Å². The maximum Gasteiger partial charge on any atom is 0.221 e. The van der Waals surface area contributed by atoms with Crippen LogP contribution in [-0.4, -0.2) is 35.2 Å². The molecule has 1 aliphatic carbocycles. The highest BCUT2D eigenvalue weighted by molar-refractivity contribution is 6.06. The van der Waals surface area contributed by atoms with E-state index in [1.54, 1.807) is 0 Å². The van der Waals surface area contributed by atoms with E-state index in [1.165, 1.54) is 18.1 Å². The Morgan fingerprint density at radius 3 is 2.76 bits per heavy atom. The number of nitrogens with one attached hydrogen (secondary N) is 1. The van der Waals surface area contributed by atoms with Crippen LogP contribution in [0.3, 0.4) is 0 Å². The first-order valence-corrected chi connectivity index (χ1v) is 10.7. The van der Waals surface area contributed by atoms with Gasteiger partial charge in [-0.3, -0.25) is 14.5 Å². The summed E-state index contributed by atoms with van der Waals surface area (Å²) in [4.78, 5) is 27.5. The van der Waals surface area contributed by atoms with Gasteiger partial charge in [0.2, 0.25) is 5.91 Å². The number of piperidine rings is 1. The number of benzene rings is 2. The number of Topliss-reactive ketones (excluding diaryl/α,β-unsaturated/α-hetero) is 1. The predicted octanol–water partition coefficient (Wildman–Crippen LogP) is 4.55. The zero-order chi connectivity index (χ0) is 20.4. The van der Waals surface area contributed by atoms with Gasteiger partial charge < -0.3 is 5.32 Å². The molecule has 0 saturated carbocycles. The summed E-state index contributed by atoms with van der Waals surface area (Å²) in [7, 11) is 0. The van der Waals surface area contributed by atoms with Crippen molar-refractivity contribution < 1.29 is 9.59 Å². The van der Waals surface area contributed by atoms with Gasteiger partial charge in [-0.1, -0.05) is 24.3 Å². The fourth-order valence-electron chi connectivity index (χ4n) is 5.11. The molecule has 1 amide bonds. The Bertz CT molecular complexity index is 936. The van der Waals surface area contributed by atoms with Gasteiger partial charge in [0.1, 0.15) is 0 Å². The molecule has 2 aromatic rings. The third-order valence-electron chi connectivity index (χ3n) is 6.69. The van der Waals surface area contributed by atoms with Crippen molar-refractivity contribution in [1.82, 2.24) is 4.90 Å². The lowest BCUT2D eigenvalue weighted by molar-refractivity contribution is -0.114. The molecule has 4 heteroatoms. The minimum absolute atomic E-state index is 0.0850. The average Bonchev–Trinajstić information content (AvgIpc) is 2.71. The number of anilines is 1. The summed E-state index contributed by atoms with van der Waals surface area (Å²) in [6, 6.07) is 14.3. The van der Waals surface area contributed by atoms with Crippen LogP contribution < -0.4 is 5.32 Å². The molecule has 2 aliphatic rings. The molecule has 1 aliphatic heterocycles. The molecule has 4 rings (SSSR count). The molecule has 152 valence electrons. The monoisotopic (exact) mass is 390 g/mol. The average molecular weight is 391 g/mol. The largest absolute Gasteiger partial charge is 0.326 e. The topological polar surface area (TPSA) is 49.4 Å². The summed E-state index contributed by atoms with van der Waals surface area (Å²) in [5.41, 5.74) is 5.02. The Morgan fingerprint density at radius 1 is 1.14 bits per heavy atom. The molecule has 2 aromatic carbocycles. The third kappa shape index (κ3) is 3.86. The van der Waals surface area contributed by atoms with Crippen molar-refractivity contribution in [1.29, 1.82) is 0 Å². The molecule has 1 atom stereocenters. The number of carbonyl (C=O) groups is 2. The number of rotatable bonds is 4. The fourth-order valence-corrected chi connectivity index (χ4v) is 5.11. The first kappa shape index (κ1) is 19.8. The number of nitrogens with zero attached hydrogens (tertiary/aromatic N) is 1. The second-order valence-corrected chi connectivity index (χ2v) is 8.53. The minimum Gasteiger partial charge on any atom is -0.326 e. The molecule has 1 saturated heterocycles. The molecule has 0 unspecified atom stereocenters. The molecule has 1 N–H and O–H groups in total. The van der Waals surface area contributed by atoms with Crippen LogP contribution >= 0.6 is 0 Å². The van der Waals surface area contributed by atoms with E-state index in [4.69, 9.17) is 0 Å². The Kier molecular flexibility index (Phi) is 5.55. The van der Waals surface area contributed by atoms with Gasteiger partial charge in [0.25, 0.3) is 0 Å². The van der Waals surface area contributed by atoms with Gasteiger partial charge in [-0.05, 0) is 86.9 Å². The standard InChI is InChI=1S/C25H30N2O2/c1-18-7-3-4-8-20(18)12-16-27-15-6-5-13-25(27)14-11-21-17-22(26-19(2)28)9-10-23(21)24(25)29/h3-4,7-10,17H,5-6,11-16H2,1-2H3,(H,26,28)/t25-/m0/s1. The van der Waals surface area contributed by atoms with E-state index in [2.05, 4.69) is 41.4 Å². The molecule has 0 radical (unpaired) electrons. The Balaban J connectivity index is 1.57. The van der Waals surface area contributed by atoms with Crippen LogP contribution in [0.15, 0.2) is 42.5 Å². The van der Waals surface area contributed by atoms with Crippen molar-refractivity contribution >= 4 is 17.4 Å². The SMILES string of the molecule is CC(=O)Nc1ccc2c(c1)CC[C@@]1(CCCCN1CCc1ccccc1C)C2=O. The molecule has 1 heterocycles. The van der Waals surface area contributed by atoms with Gasteiger partial charge in [0.15, 0.2) is 5.78 Å². The highest BCUT2D eigenvalue weighted by Crippen LogP contribution is 2.40. The number of carbonyl (C=O) groups excluding carboxylic acids is 2. The molecule has 29 heavy (non-hydrogen) atoms. The first-order valence-electron chi connectivity index (χ1n) is 10.7. The molecule has 0 bridgehead atoms. The van der Waals surface area contributed by atoms with E-state index < -0.39 is 0 Å². The fraction of sp³-hybridized carbons (Fsp3) is 0.440. The van der Waals surface area contributed by atoms with Crippen molar-refractivity contribution in [2.24, 2.45) is 0 Å². The van der Waals surface area contributed by atoms with E-state index in [0.29, 0.717) is 0 Å². The van der Waals surface area contributed by atoms with Crippen LogP contribution in [0.1, 0.15) is 59.7 Å². The Morgan fingerprint density at radius 2 is 1.97 bits per heavy atom. The van der Waals surface area contributed by atoms with Gasteiger partial charge in [-0.15, -0.1) is 0 Å². The molecule has 0 aromatic heterocycles. The van der Waals surface area contributed by atoms with Crippen molar-refractivity contribution in [3.05, 3.63) is 64.7 Å². The summed E-state index contributed by atoms with van der Waals surface area (Å²) in [6.07, 6.45) is 5.97. The van der Waals surface area contributed by atoms with Crippen molar-refractivity contribution in [3.8, 4) is 0 Å². The summed E-state index contributed by atoms with van der Waals surface area (Å²) >= 11 is 0. The second kappa shape index (κ2) is 8.11. The number of ketones is 1. The number of likely N-dealkylation sites (tertiary alicyclic amines) is 1. The van der Waals surface area contributed by atoms with Crippen molar-refractivity contribution in [3.63, 3.8) is 0 Å². The third-order valence-corrected chi connectivity index (χ3v) is 6.69.